The van der Waals surface area contributed by atoms with Gasteiger partial charge >= 0.3 is 0 Å². The molecule has 1 fully saturated rings. The number of rotatable bonds is 4. The fraction of sp³-hybridized carbons (Fsp3) is 0.625. The van der Waals surface area contributed by atoms with Crippen LogP contribution in [0.2, 0.25) is 0 Å². The molecule has 0 bridgehead atoms. The third-order valence-corrected chi connectivity index (χ3v) is 3.93. The molecule has 0 aromatic heterocycles. The maximum atomic E-state index is 6.07. The van der Waals surface area contributed by atoms with Crippen LogP contribution in [0.25, 0.3) is 0 Å². The van der Waals surface area contributed by atoms with Crippen LogP contribution in [-0.4, -0.2) is 18.2 Å². The van der Waals surface area contributed by atoms with Crippen LogP contribution in [0.15, 0.2) is 24.3 Å². The minimum absolute atomic E-state index is 0.0527. The molecule has 1 heterocycles. The molecular weight excluding hydrogens is 222 g/mol. The second-order valence-electron chi connectivity index (χ2n) is 6.12. The van der Waals surface area contributed by atoms with Gasteiger partial charge in [-0.25, -0.2) is 0 Å². The molecule has 2 atom stereocenters. The van der Waals surface area contributed by atoms with Gasteiger partial charge in [-0.3, -0.25) is 0 Å². The lowest BCUT2D eigenvalue weighted by molar-refractivity contribution is -0.0206. The molecule has 1 aromatic carbocycles. The van der Waals surface area contributed by atoms with Crippen LogP contribution in [0, 0.1) is 6.92 Å². The summed E-state index contributed by atoms with van der Waals surface area (Å²) in [7, 11) is 0. The Hall–Kier alpha value is -0.860. The van der Waals surface area contributed by atoms with Crippen molar-refractivity contribution >= 4 is 0 Å². The molecule has 1 aliphatic heterocycles. The summed E-state index contributed by atoms with van der Waals surface area (Å²) in [5.74, 6) is 0.421. The van der Waals surface area contributed by atoms with Gasteiger partial charge in [-0.15, -0.1) is 0 Å². The van der Waals surface area contributed by atoms with Gasteiger partial charge in [0, 0.05) is 0 Å². The van der Waals surface area contributed by atoms with Crippen molar-refractivity contribution in [1.29, 1.82) is 0 Å². The van der Waals surface area contributed by atoms with Crippen molar-refractivity contribution in [3.63, 3.8) is 0 Å². The molecule has 0 radical (unpaired) electrons. The Morgan fingerprint density at radius 2 is 2.00 bits per heavy atom. The van der Waals surface area contributed by atoms with E-state index >= 15 is 0 Å². The fourth-order valence-corrected chi connectivity index (χ4v) is 2.77. The maximum Gasteiger partial charge on any atom is 0.0631 e. The first-order valence-electron chi connectivity index (χ1n) is 6.94. The summed E-state index contributed by atoms with van der Waals surface area (Å²) in [5, 5.41) is 0. The van der Waals surface area contributed by atoms with Gasteiger partial charge in [-0.2, -0.15) is 0 Å². The Kier molecular flexibility index (Phi) is 4.08. The van der Waals surface area contributed by atoms with Crippen LogP contribution in [0.5, 0.6) is 0 Å². The highest BCUT2D eigenvalue weighted by molar-refractivity contribution is 5.25. The van der Waals surface area contributed by atoms with Crippen molar-refractivity contribution in [3.05, 3.63) is 35.4 Å². The zero-order valence-electron chi connectivity index (χ0n) is 11.8. The summed E-state index contributed by atoms with van der Waals surface area (Å²) in [6.45, 7) is 7.17. The summed E-state index contributed by atoms with van der Waals surface area (Å²) < 4.78 is 6.07. The van der Waals surface area contributed by atoms with Gasteiger partial charge in [0.1, 0.15) is 0 Å². The number of hydrogen-bond donors (Lipinski definition) is 1. The molecule has 2 unspecified atom stereocenters. The fourth-order valence-electron chi connectivity index (χ4n) is 2.77. The Bertz CT molecular complexity index is 383. The second kappa shape index (κ2) is 5.41. The average molecular weight is 247 g/mol. The van der Waals surface area contributed by atoms with Crippen LogP contribution < -0.4 is 5.73 Å². The third kappa shape index (κ3) is 3.33. The number of benzene rings is 1. The summed E-state index contributed by atoms with van der Waals surface area (Å²) >= 11 is 0. The first kappa shape index (κ1) is 13.6. The Morgan fingerprint density at radius 1 is 1.33 bits per heavy atom. The quantitative estimate of drug-likeness (QED) is 0.885. The van der Waals surface area contributed by atoms with Crippen LogP contribution in [0.1, 0.15) is 50.2 Å². The van der Waals surface area contributed by atoms with E-state index in [0.29, 0.717) is 18.6 Å². The summed E-state index contributed by atoms with van der Waals surface area (Å²) in [6, 6.07) is 8.73. The van der Waals surface area contributed by atoms with Crippen molar-refractivity contribution in [2.75, 3.05) is 6.54 Å². The second-order valence-corrected chi connectivity index (χ2v) is 6.12. The Labute approximate surface area is 111 Å². The van der Waals surface area contributed by atoms with E-state index in [9.17, 15) is 0 Å². The van der Waals surface area contributed by atoms with Gasteiger partial charge in [-0.05, 0) is 58.1 Å². The van der Waals surface area contributed by atoms with Gasteiger partial charge in [-0.1, -0.05) is 29.8 Å². The van der Waals surface area contributed by atoms with Crippen molar-refractivity contribution in [3.8, 4) is 0 Å². The predicted molar refractivity (Wildman–Crippen MR) is 75.8 cm³/mol. The smallest absolute Gasteiger partial charge is 0.0631 e. The van der Waals surface area contributed by atoms with Crippen LogP contribution >= 0.6 is 0 Å². The normalized spacial score (nSPS) is 24.1. The Balaban J connectivity index is 2.00. The molecule has 2 heteroatoms. The van der Waals surface area contributed by atoms with Crippen LogP contribution in [-0.2, 0) is 4.74 Å². The van der Waals surface area contributed by atoms with E-state index in [1.807, 2.05) is 0 Å². The monoisotopic (exact) mass is 247 g/mol. The Morgan fingerprint density at radius 3 is 2.50 bits per heavy atom. The SMILES string of the molecule is Cc1ccc(C(CN)CC2CCC(C)(C)O2)cc1. The topological polar surface area (TPSA) is 35.2 Å². The third-order valence-electron chi connectivity index (χ3n) is 3.93. The zero-order chi connectivity index (χ0) is 13.2. The minimum atomic E-state index is 0.0527. The van der Waals surface area contributed by atoms with E-state index in [4.69, 9.17) is 10.5 Å². The first-order valence-corrected chi connectivity index (χ1v) is 6.94. The molecule has 1 saturated heterocycles. The van der Waals surface area contributed by atoms with Gasteiger partial charge in [0.15, 0.2) is 0 Å². The van der Waals surface area contributed by atoms with E-state index < -0.39 is 0 Å². The highest BCUT2D eigenvalue weighted by Gasteiger charge is 2.32. The zero-order valence-corrected chi connectivity index (χ0v) is 11.8. The van der Waals surface area contributed by atoms with Gasteiger partial charge in [0.25, 0.3) is 0 Å². The van der Waals surface area contributed by atoms with Gasteiger partial charge in [0.05, 0.1) is 11.7 Å². The summed E-state index contributed by atoms with van der Waals surface area (Å²) in [5.41, 5.74) is 8.63. The van der Waals surface area contributed by atoms with Crippen molar-refractivity contribution in [2.24, 2.45) is 5.73 Å². The molecule has 2 rings (SSSR count). The first-order chi connectivity index (χ1) is 8.50. The lowest BCUT2D eigenvalue weighted by Crippen LogP contribution is -2.23. The maximum absolute atomic E-state index is 6.07. The summed E-state index contributed by atoms with van der Waals surface area (Å²) in [6.07, 6.45) is 3.73. The van der Waals surface area contributed by atoms with Crippen LogP contribution in [0.4, 0.5) is 0 Å². The number of hydrogen-bond acceptors (Lipinski definition) is 2. The largest absolute Gasteiger partial charge is 0.372 e. The predicted octanol–water partition coefficient (Wildman–Crippen LogP) is 3.39. The standard InChI is InChI=1S/C16H25NO/c1-12-4-6-13(7-5-12)14(11-17)10-15-8-9-16(2,3)18-15/h4-7,14-15H,8-11,17H2,1-3H3. The lowest BCUT2D eigenvalue weighted by Gasteiger charge is -2.23. The van der Waals surface area contributed by atoms with Gasteiger partial charge in [0.2, 0.25) is 0 Å². The van der Waals surface area contributed by atoms with Crippen molar-refractivity contribution in [2.45, 2.75) is 57.7 Å². The van der Waals surface area contributed by atoms with Crippen molar-refractivity contribution in [1.82, 2.24) is 0 Å². The molecule has 0 amide bonds. The molecule has 2 nitrogen and oxygen atoms in total. The van der Waals surface area contributed by atoms with Gasteiger partial charge < -0.3 is 10.5 Å². The highest BCUT2D eigenvalue weighted by Crippen LogP contribution is 2.34. The molecule has 0 spiro atoms. The highest BCUT2D eigenvalue weighted by atomic mass is 16.5. The van der Waals surface area contributed by atoms with E-state index in [2.05, 4.69) is 45.0 Å². The molecule has 1 aliphatic rings. The van der Waals surface area contributed by atoms with E-state index in [1.165, 1.54) is 11.1 Å². The summed E-state index contributed by atoms with van der Waals surface area (Å²) in [4.78, 5) is 0. The van der Waals surface area contributed by atoms with Crippen LogP contribution in [0.3, 0.4) is 0 Å². The number of aryl methyl sites for hydroxylation is 1. The number of ether oxygens (including phenoxy) is 1. The molecule has 18 heavy (non-hydrogen) atoms. The molecular formula is C16H25NO. The molecule has 0 aliphatic carbocycles. The van der Waals surface area contributed by atoms with E-state index in [1.54, 1.807) is 0 Å². The van der Waals surface area contributed by atoms with E-state index in [-0.39, 0.29) is 5.60 Å². The molecule has 0 saturated carbocycles. The minimum Gasteiger partial charge on any atom is -0.372 e. The molecule has 1 aromatic rings. The molecule has 100 valence electrons. The van der Waals surface area contributed by atoms with Crippen molar-refractivity contribution < 1.29 is 4.74 Å². The molecule has 2 N–H and O–H groups in total. The number of nitrogens with two attached hydrogens (primary N) is 1. The average Bonchev–Trinajstić information content (AvgIpc) is 2.67. The lowest BCUT2D eigenvalue weighted by atomic mass is 9.91. The van der Waals surface area contributed by atoms with E-state index in [0.717, 1.165) is 19.3 Å².